The normalized spacial score (nSPS) is 11.8. The molecule has 4 N–H and O–H groups in total. The number of nitrogens with one attached hydrogen (secondary N) is 1. The Labute approximate surface area is 210 Å². The first kappa shape index (κ1) is 25.1. The fourth-order valence-corrected chi connectivity index (χ4v) is 3.93. The zero-order chi connectivity index (χ0) is 25.4. The van der Waals surface area contributed by atoms with Crippen LogP contribution >= 0.6 is 0 Å². The van der Waals surface area contributed by atoms with Gasteiger partial charge >= 0.3 is 5.97 Å². The van der Waals surface area contributed by atoms with Gasteiger partial charge in [0.05, 0.1) is 29.1 Å². The van der Waals surface area contributed by atoms with Crippen LogP contribution in [0.4, 0.5) is 20.4 Å². The predicted octanol–water partition coefficient (Wildman–Crippen LogP) is 4.95. The van der Waals surface area contributed by atoms with Crippen LogP contribution in [0.3, 0.4) is 0 Å². The molecule has 1 amide bonds. The summed E-state index contributed by atoms with van der Waals surface area (Å²) < 4.78 is 29.5. The molecule has 0 saturated carbocycles. The van der Waals surface area contributed by atoms with E-state index < -0.39 is 23.5 Å². The van der Waals surface area contributed by atoms with Gasteiger partial charge in [0.15, 0.2) is 0 Å². The number of primary amides is 1. The molecule has 10 heteroatoms. The molecule has 1 aliphatic heterocycles. The molecule has 1 aliphatic rings. The van der Waals surface area contributed by atoms with Gasteiger partial charge in [-0.3, -0.25) is 9.79 Å². The maximum Gasteiger partial charge on any atom is 0.335 e. The molecule has 0 atom stereocenters. The van der Waals surface area contributed by atoms with E-state index in [0.29, 0.717) is 28.1 Å². The molecule has 0 fully saturated rings. The van der Waals surface area contributed by atoms with Gasteiger partial charge in [-0.15, -0.1) is 0 Å². The van der Waals surface area contributed by atoms with Crippen LogP contribution in [-0.4, -0.2) is 32.7 Å². The van der Waals surface area contributed by atoms with E-state index in [-0.39, 0.29) is 42.3 Å². The number of hydrogen-bond donors (Lipinski definition) is 3. The molecule has 8 nitrogen and oxygen atoms in total. The number of hydrogen-bond acceptors (Lipinski definition) is 6. The quantitative estimate of drug-likeness (QED) is 0.355. The molecular weight excluding hydrogens is 480 g/mol. The van der Waals surface area contributed by atoms with Gasteiger partial charge in [0.2, 0.25) is 11.9 Å². The van der Waals surface area contributed by atoms with E-state index in [0.717, 1.165) is 12.1 Å². The Bertz CT molecular complexity index is 1550. The number of carbonyl (C=O) groups excluding carboxylic acids is 1. The number of aromatic nitrogens is 2. The smallest absolute Gasteiger partial charge is 0.335 e. The van der Waals surface area contributed by atoms with E-state index in [9.17, 15) is 23.5 Å². The molecule has 0 saturated heterocycles. The van der Waals surface area contributed by atoms with Gasteiger partial charge in [0, 0.05) is 34.1 Å². The number of nitrogens with zero attached hydrogens (tertiary/aromatic N) is 3. The summed E-state index contributed by atoms with van der Waals surface area (Å²) in [6.45, 7) is 0.0170. The predicted molar refractivity (Wildman–Crippen MR) is 135 cm³/mol. The largest absolute Gasteiger partial charge is 0.478 e. The molecule has 0 aliphatic carbocycles. The van der Waals surface area contributed by atoms with Crippen LogP contribution in [-0.2, 0) is 6.54 Å². The van der Waals surface area contributed by atoms with Crippen molar-refractivity contribution in [1.29, 1.82) is 0 Å². The maximum atomic E-state index is 14.7. The zero-order valence-corrected chi connectivity index (χ0v) is 18.5. The van der Waals surface area contributed by atoms with Gasteiger partial charge < -0.3 is 16.2 Å². The zero-order valence-electron chi connectivity index (χ0n) is 18.5. The van der Waals surface area contributed by atoms with Crippen LogP contribution in [0, 0.1) is 11.6 Å². The number of halogens is 2. The second kappa shape index (κ2) is 9.94. The van der Waals surface area contributed by atoms with E-state index in [2.05, 4.69) is 20.3 Å². The molecule has 3 aromatic carbocycles. The Kier molecular flexibility index (Phi) is 6.75. The number of carboxylic acids is 1. The van der Waals surface area contributed by atoms with Crippen LogP contribution < -0.4 is 11.1 Å². The molecule has 4 aromatic rings. The van der Waals surface area contributed by atoms with E-state index in [4.69, 9.17) is 5.73 Å². The lowest BCUT2D eigenvalue weighted by Crippen LogP contribution is -2.11. The van der Waals surface area contributed by atoms with E-state index >= 15 is 0 Å². The van der Waals surface area contributed by atoms with Crippen molar-refractivity contribution in [2.24, 2.45) is 10.7 Å². The summed E-state index contributed by atoms with van der Waals surface area (Å²) in [6, 6.07) is 14.1. The molecule has 2 heterocycles. The number of amides is 1. The van der Waals surface area contributed by atoms with Crippen molar-refractivity contribution < 1.29 is 23.5 Å². The van der Waals surface area contributed by atoms with Crippen LogP contribution in [0.1, 0.15) is 44.8 Å². The first-order valence-corrected chi connectivity index (χ1v) is 10.7. The lowest BCUT2D eigenvalue weighted by atomic mass is 9.93. The lowest BCUT2D eigenvalue weighted by molar-refractivity contribution is 0.0696. The summed E-state index contributed by atoms with van der Waals surface area (Å²) in [5.74, 6) is -3.17. The van der Waals surface area contributed by atoms with Gasteiger partial charge in [-0.25, -0.2) is 23.5 Å². The van der Waals surface area contributed by atoms with Gasteiger partial charge in [-0.2, -0.15) is 0 Å². The number of carboxylic acid groups (broad SMARTS) is 1. The summed E-state index contributed by atoms with van der Waals surface area (Å²) in [5.41, 5.74) is 7.48. The van der Waals surface area contributed by atoms with Crippen molar-refractivity contribution in [1.82, 2.24) is 9.97 Å². The Morgan fingerprint density at radius 2 is 1.62 bits per heavy atom. The number of fused-ring (bicyclic) bond motifs is 3. The third-order valence-electron chi connectivity index (χ3n) is 5.67. The van der Waals surface area contributed by atoms with Crippen molar-refractivity contribution in [3.05, 3.63) is 106 Å². The number of aliphatic imine (C=N–C) groups is 1. The summed E-state index contributed by atoms with van der Waals surface area (Å²) in [6.07, 6.45) is 1.54. The molecule has 186 valence electrons. The highest BCUT2D eigenvalue weighted by Gasteiger charge is 2.26. The highest BCUT2D eigenvalue weighted by molar-refractivity contribution is 6.17. The molecule has 0 radical (unpaired) electrons. The topological polar surface area (TPSA) is 131 Å². The first-order valence-electron chi connectivity index (χ1n) is 10.7. The van der Waals surface area contributed by atoms with Gasteiger partial charge in [0.25, 0.3) is 0 Å². The fraction of sp³-hybridized carbons (Fsp3) is 0.0741. The van der Waals surface area contributed by atoms with Crippen LogP contribution in [0.5, 0.6) is 0 Å². The van der Waals surface area contributed by atoms with Crippen molar-refractivity contribution in [3.8, 4) is 11.3 Å². The summed E-state index contributed by atoms with van der Waals surface area (Å²) in [4.78, 5) is 36.3. The third kappa shape index (κ3) is 4.76. The molecule has 0 bridgehead atoms. The lowest BCUT2D eigenvalue weighted by Gasteiger charge is -2.14. The van der Waals surface area contributed by atoms with E-state index in [1.807, 2.05) is 0 Å². The number of carbonyl (C=O) groups is 2. The van der Waals surface area contributed by atoms with Crippen LogP contribution in [0.15, 0.2) is 71.9 Å². The molecular formula is C27H21F2N5O3. The van der Waals surface area contributed by atoms with Crippen molar-refractivity contribution in [2.45, 2.75) is 14.0 Å². The standard InChI is InChI=1S/C26H17F2N5O3.CH4/c27-19-2-1-3-20(28)21(19)23-18-10-14(25(35)36)6-9-17(18)22-15(11-30-23)12-31-26(33-22)32-16-7-4-13(5-8-16)24(29)34;/h1-10,12H,11H2,(H2,29,34)(H,35,36)(H,31,32,33);1H4. The summed E-state index contributed by atoms with van der Waals surface area (Å²) >= 11 is 0. The van der Waals surface area contributed by atoms with Crippen molar-refractivity contribution in [3.63, 3.8) is 0 Å². The summed E-state index contributed by atoms with van der Waals surface area (Å²) in [5, 5.41) is 12.6. The van der Waals surface area contributed by atoms with Crippen molar-refractivity contribution >= 4 is 29.2 Å². The Balaban J connectivity index is 0.00000320. The van der Waals surface area contributed by atoms with Crippen LogP contribution in [0.25, 0.3) is 11.3 Å². The number of nitrogens with two attached hydrogens (primary N) is 1. The summed E-state index contributed by atoms with van der Waals surface area (Å²) in [7, 11) is 0. The number of aromatic carboxylic acids is 1. The first-order chi connectivity index (χ1) is 17.3. The van der Waals surface area contributed by atoms with Gasteiger partial charge in [-0.05, 0) is 48.5 Å². The minimum atomic E-state index is -1.19. The Hall–Kier alpha value is -4.99. The minimum absolute atomic E-state index is 0. The molecule has 5 rings (SSSR count). The van der Waals surface area contributed by atoms with Crippen LogP contribution in [0.2, 0.25) is 0 Å². The molecule has 0 unspecified atom stereocenters. The van der Waals surface area contributed by atoms with Gasteiger partial charge in [0.1, 0.15) is 11.6 Å². The maximum absolute atomic E-state index is 14.7. The SMILES string of the molecule is C.NC(=O)c1ccc(Nc2ncc3c(n2)-c2ccc(C(=O)O)cc2C(c2c(F)cccc2F)=NC3)cc1. The van der Waals surface area contributed by atoms with Crippen molar-refractivity contribution in [2.75, 3.05) is 5.32 Å². The number of benzene rings is 3. The average Bonchev–Trinajstić information content (AvgIpc) is 3.01. The van der Waals surface area contributed by atoms with E-state index in [1.165, 1.54) is 24.3 Å². The second-order valence-electron chi connectivity index (χ2n) is 7.96. The third-order valence-corrected chi connectivity index (χ3v) is 5.67. The highest BCUT2D eigenvalue weighted by Crippen LogP contribution is 2.34. The monoisotopic (exact) mass is 501 g/mol. The van der Waals surface area contributed by atoms with Gasteiger partial charge in [-0.1, -0.05) is 19.6 Å². The molecule has 1 aromatic heterocycles. The molecule has 37 heavy (non-hydrogen) atoms. The Morgan fingerprint density at radius 1 is 0.946 bits per heavy atom. The fourth-order valence-electron chi connectivity index (χ4n) is 3.93. The molecule has 0 spiro atoms. The highest BCUT2D eigenvalue weighted by atomic mass is 19.1. The Morgan fingerprint density at radius 3 is 2.27 bits per heavy atom. The second-order valence-corrected chi connectivity index (χ2v) is 7.96. The minimum Gasteiger partial charge on any atom is -0.478 e. The number of rotatable bonds is 5. The number of anilines is 2. The van der Waals surface area contributed by atoms with E-state index in [1.54, 1.807) is 30.5 Å². The average molecular weight is 501 g/mol.